The van der Waals surface area contributed by atoms with Gasteiger partial charge in [-0.3, -0.25) is 0 Å². The summed E-state index contributed by atoms with van der Waals surface area (Å²) in [5, 5.41) is 11.0. The van der Waals surface area contributed by atoms with E-state index in [2.05, 4.69) is 15.9 Å². The number of hydrogen-bond donors (Lipinski definition) is 1. The van der Waals surface area contributed by atoms with Crippen molar-refractivity contribution in [1.82, 2.24) is 0 Å². The summed E-state index contributed by atoms with van der Waals surface area (Å²) in [6.07, 6.45) is 0. The van der Waals surface area contributed by atoms with Crippen LogP contribution in [0.15, 0.2) is 34.1 Å². The number of rotatable bonds is 6. The molecule has 0 saturated heterocycles. The Morgan fingerprint density at radius 2 is 2.20 bits per heavy atom. The molecule has 0 aliphatic carbocycles. The molecule has 6 heteroatoms. The van der Waals surface area contributed by atoms with Gasteiger partial charge in [-0.1, -0.05) is 6.07 Å². The third-order valence-electron chi connectivity index (χ3n) is 2.50. The van der Waals surface area contributed by atoms with Gasteiger partial charge in [0.1, 0.15) is 6.61 Å². The lowest BCUT2D eigenvalue weighted by atomic mass is 10.2. The standard InChI is InChI=1S/C14H13BrO4S/c1-2-18-12-7-9(14(16)17)6-11(15)13(12)19-8-10-4-3-5-20-10/h3-7H,2,8H2,1H3,(H,16,17). The summed E-state index contributed by atoms with van der Waals surface area (Å²) in [4.78, 5) is 12.1. The molecule has 1 aromatic heterocycles. The molecule has 20 heavy (non-hydrogen) atoms. The van der Waals surface area contributed by atoms with Crippen molar-refractivity contribution in [1.29, 1.82) is 0 Å². The maximum atomic E-state index is 11.1. The smallest absolute Gasteiger partial charge is 0.335 e. The summed E-state index contributed by atoms with van der Waals surface area (Å²) in [5.41, 5.74) is 0.156. The van der Waals surface area contributed by atoms with Gasteiger partial charge in [0.2, 0.25) is 0 Å². The molecule has 0 saturated carbocycles. The lowest BCUT2D eigenvalue weighted by molar-refractivity contribution is 0.0696. The van der Waals surface area contributed by atoms with Gasteiger partial charge in [0, 0.05) is 4.88 Å². The van der Waals surface area contributed by atoms with E-state index in [0.29, 0.717) is 29.2 Å². The first kappa shape index (κ1) is 14.9. The Bertz CT molecular complexity index is 595. The van der Waals surface area contributed by atoms with Gasteiger partial charge >= 0.3 is 5.97 Å². The molecule has 106 valence electrons. The van der Waals surface area contributed by atoms with Crippen LogP contribution >= 0.6 is 27.3 Å². The predicted molar refractivity (Wildman–Crippen MR) is 80.9 cm³/mol. The van der Waals surface area contributed by atoms with Crippen LogP contribution < -0.4 is 9.47 Å². The molecule has 0 atom stereocenters. The highest BCUT2D eigenvalue weighted by Gasteiger charge is 2.15. The molecule has 2 aromatic rings. The molecule has 0 radical (unpaired) electrons. The van der Waals surface area contributed by atoms with Crippen molar-refractivity contribution < 1.29 is 19.4 Å². The van der Waals surface area contributed by atoms with Crippen molar-refractivity contribution in [2.45, 2.75) is 13.5 Å². The van der Waals surface area contributed by atoms with E-state index in [-0.39, 0.29) is 5.56 Å². The van der Waals surface area contributed by atoms with E-state index >= 15 is 0 Å². The number of carboxylic acid groups (broad SMARTS) is 1. The van der Waals surface area contributed by atoms with E-state index in [4.69, 9.17) is 14.6 Å². The zero-order valence-corrected chi connectivity index (χ0v) is 13.2. The fraction of sp³-hybridized carbons (Fsp3) is 0.214. The van der Waals surface area contributed by atoms with E-state index < -0.39 is 5.97 Å². The number of benzene rings is 1. The van der Waals surface area contributed by atoms with Crippen molar-refractivity contribution in [2.75, 3.05) is 6.61 Å². The molecule has 0 unspecified atom stereocenters. The zero-order chi connectivity index (χ0) is 14.5. The lowest BCUT2D eigenvalue weighted by Crippen LogP contribution is -2.03. The van der Waals surface area contributed by atoms with Crippen LogP contribution in [0.2, 0.25) is 0 Å². The van der Waals surface area contributed by atoms with Crippen molar-refractivity contribution in [2.24, 2.45) is 0 Å². The molecule has 1 heterocycles. The van der Waals surface area contributed by atoms with Crippen molar-refractivity contribution in [3.63, 3.8) is 0 Å². The minimum Gasteiger partial charge on any atom is -0.490 e. The molecular weight excluding hydrogens is 344 g/mol. The van der Waals surface area contributed by atoms with Gasteiger partial charge in [-0.25, -0.2) is 4.79 Å². The van der Waals surface area contributed by atoms with E-state index in [0.717, 1.165) is 4.88 Å². The van der Waals surface area contributed by atoms with Crippen LogP contribution in [-0.4, -0.2) is 17.7 Å². The number of halogens is 1. The number of thiophene rings is 1. The van der Waals surface area contributed by atoms with Crippen molar-refractivity contribution in [3.8, 4) is 11.5 Å². The molecular formula is C14H13BrO4S. The second-order valence-electron chi connectivity index (χ2n) is 3.89. The molecule has 0 amide bonds. The fourth-order valence-corrected chi connectivity index (χ4v) is 2.80. The SMILES string of the molecule is CCOc1cc(C(=O)O)cc(Br)c1OCc1cccs1. The van der Waals surface area contributed by atoms with Gasteiger partial charge in [-0.2, -0.15) is 0 Å². The monoisotopic (exact) mass is 356 g/mol. The largest absolute Gasteiger partial charge is 0.490 e. The number of aromatic carboxylic acids is 1. The second kappa shape index (κ2) is 6.76. The van der Waals surface area contributed by atoms with Crippen LogP contribution in [0.25, 0.3) is 0 Å². The highest BCUT2D eigenvalue weighted by molar-refractivity contribution is 9.10. The number of carboxylic acids is 1. The predicted octanol–water partition coefficient (Wildman–Crippen LogP) is 4.19. The topological polar surface area (TPSA) is 55.8 Å². The minimum atomic E-state index is -1.00. The average molecular weight is 357 g/mol. The first-order chi connectivity index (χ1) is 9.61. The highest BCUT2D eigenvalue weighted by Crippen LogP contribution is 2.37. The third-order valence-corrected chi connectivity index (χ3v) is 3.93. The van der Waals surface area contributed by atoms with Gasteiger partial charge in [-0.05, 0) is 46.4 Å². The Balaban J connectivity index is 2.27. The third kappa shape index (κ3) is 3.52. The summed E-state index contributed by atoms with van der Waals surface area (Å²) in [6.45, 7) is 2.69. The van der Waals surface area contributed by atoms with Gasteiger partial charge in [0.05, 0.1) is 16.6 Å². The van der Waals surface area contributed by atoms with E-state index in [1.807, 2.05) is 24.4 Å². The Morgan fingerprint density at radius 1 is 1.40 bits per heavy atom. The van der Waals surface area contributed by atoms with Crippen molar-refractivity contribution in [3.05, 3.63) is 44.6 Å². The lowest BCUT2D eigenvalue weighted by Gasteiger charge is -2.14. The van der Waals surface area contributed by atoms with Crippen LogP contribution in [0.5, 0.6) is 11.5 Å². The van der Waals surface area contributed by atoms with Gasteiger partial charge in [0.15, 0.2) is 11.5 Å². The maximum Gasteiger partial charge on any atom is 0.335 e. The molecule has 0 fully saturated rings. The average Bonchev–Trinajstić information content (AvgIpc) is 2.91. The van der Waals surface area contributed by atoms with Crippen LogP contribution in [0.1, 0.15) is 22.2 Å². The zero-order valence-electron chi connectivity index (χ0n) is 10.8. The van der Waals surface area contributed by atoms with Crippen LogP contribution in [0.3, 0.4) is 0 Å². The summed E-state index contributed by atoms with van der Waals surface area (Å²) in [6, 6.07) is 6.91. The fourth-order valence-electron chi connectivity index (χ4n) is 1.63. The number of carbonyl (C=O) groups is 1. The minimum absolute atomic E-state index is 0.156. The molecule has 1 N–H and O–H groups in total. The molecule has 1 aromatic carbocycles. The summed E-state index contributed by atoms with van der Waals surface area (Å²) >= 11 is 4.94. The quantitative estimate of drug-likeness (QED) is 0.843. The maximum absolute atomic E-state index is 11.1. The van der Waals surface area contributed by atoms with Crippen LogP contribution in [0, 0.1) is 0 Å². The first-order valence-corrected chi connectivity index (χ1v) is 7.64. The first-order valence-electron chi connectivity index (χ1n) is 5.96. The highest BCUT2D eigenvalue weighted by atomic mass is 79.9. The molecule has 4 nitrogen and oxygen atoms in total. The van der Waals surface area contributed by atoms with Gasteiger partial charge in [0.25, 0.3) is 0 Å². The van der Waals surface area contributed by atoms with E-state index in [1.54, 1.807) is 11.3 Å². The molecule has 0 bridgehead atoms. The Hall–Kier alpha value is -1.53. The summed E-state index contributed by atoms with van der Waals surface area (Å²) < 4.78 is 11.8. The molecule has 2 rings (SSSR count). The summed E-state index contributed by atoms with van der Waals surface area (Å²) in [7, 11) is 0. The molecule has 0 aliphatic heterocycles. The Kier molecular flexibility index (Phi) is 5.03. The number of hydrogen-bond acceptors (Lipinski definition) is 4. The molecule has 0 spiro atoms. The van der Waals surface area contributed by atoms with Crippen LogP contribution in [-0.2, 0) is 6.61 Å². The Morgan fingerprint density at radius 3 is 2.80 bits per heavy atom. The normalized spacial score (nSPS) is 10.3. The van der Waals surface area contributed by atoms with Gasteiger partial charge < -0.3 is 14.6 Å². The van der Waals surface area contributed by atoms with E-state index in [9.17, 15) is 4.79 Å². The van der Waals surface area contributed by atoms with Crippen LogP contribution in [0.4, 0.5) is 0 Å². The second-order valence-corrected chi connectivity index (χ2v) is 5.78. The Labute approximate surface area is 129 Å². The number of ether oxygens (including phenoxy) is 2. The van der Waals surface area contributed by atoms with Gasteiger partial charge in [-0.15, -0.1) is 11.3 Å². The molecule has 0 aliphatic rings. The van der Waals surface area contributed by atoms with E-state index in [1.165, 1.54) is 12.1 Å². The van der Waals surface area contributed by atoms with Crippen molar-refractivity contribution >= 4 is 33.2 Å². The summed E-state index contributed by atoms with van der Waals surface area (Å²) in [5.74, 6) is -0.0578.